The van der Waals surface area contributed by atoms with Gasteiger partial charge in [0.05, 0.1) is 6.10 Å². The number of benzene rings is 2. The van der Waals surface area contributed by atoms with Gasteiger partial charge in [0.15, 0.2) is 0 Å². The van der Waals surface area contributed by atoms with Gasteiger partial charge in [-0.2, -0.15) is 0 Å². The van der Waals surface area contributed by atoms with E-state index in [2.05, 4.69) is 0 Å². The molecule has 19 heavy (non-hydrogen) atoms. The van der Waals surface area contributed by atoms with Crippen molar-refractivity contribution in [2.45, 2.75) is 12.5 Å². The fourth-order valence-corrected chi connectivity index (χ4v) is 1.77. The van der Waals surface area contributed by atoms with Crippen LogP contribution in [0.1, 0.15) is 5.56 Å². The highest BCUT2D eigenvalue weighted by atomic mass is 19.1. The maximum absolute atomic E-state index is 13.0. The van der Waals surface area contributed by atoms with E-state index in [1.807, 2.05) is 18.2 Å². The molecule has 1 unspecified atom stereocenters. The lowest BCUT2D eigenvalue weighted by molar-refractivity contribution is 0.107. The average molecular weight is 264 g/mol. The molecule has 1 atom stereocenters. The summed E-state index contributed by atoms with van der Waals surface area (Å²) in [6, 6.07) is 12.3. The van der Waals surface area contributed by atoms with Crippen LogP contribution < -0.4 is 4.74 Å². The van der Waals surface area contributed by atoms with Crippen molar-refractivity contribution in [3.8, 4) is 5.75 Å². The summed E-state index contributed by atoms with van der Waals surface area (Å²) in [7, 11) is 0. The van der Waals surface area contributed by atoms with E-state index in [-0.39, 0.29) is 13.0 Å². The van der Waals surface area contributed by atoms with E-state index in [1.54, 1.807) is 12.1 Å². The van der Waals surface area contributed by atoms with E-state index in [0.717, 1.165) is 6.07 Å². The summed E-state index contributed by atoms with van der Waals surface area (Å²) in [6.45, 7) is 0.0716. The SMILES string of the molecule is OC(COc1ccccc1)Cc1cc(F)cc(F)c1. The molecule has 0 fully saturated rings. The average Bonchev–Trinajstić information content (AvgIpc) is 2.36. The largest absolute Gasteiger partial charge is 0.491 e. The van der Waals surface area contributed by atoms with Crippen molar-refractivity contribution >= 4 is 0 Å². The zero-order valence-corrected chi connectivity index (χ0v) is 10.2. The van der Waals surface area contributed by atoms with Crippen LogP contribution in [0.15, 0.2) is 48.5 Å². The Morgan fingerprint density at radius 2 is 1.63 bits per heavy atom. The first-order valence-electron chi connectivity index (χ1n) is 5.94. The fraction of sp³-hybridized carbons (Fsp3) is 0.200. The molecule has 0 saturated carbocycles. The Hall–Kier alpha value is -1.94. The number of rotatable bonds is 5. The van der Waals surface area contributed by atoms with E-state index < -0.39 is 17.7 Å². The number of hydrogen-bond donors (Lipinski definition) is 1. The van der Waals surface area contributed by atoms with Gasteiger partial charge in [-0.3, -0.25) is 0 Å². The van der Waals surface area contributed by atoms with Gasteiger partial charge in [0.1, 0.15) is 24.0 Å². The number of aliphatic hydroxyl groups is 1. The second-order valence-corrected chi connectivity index (χ2v) is 4.26. The molecular weight excluding hydrogens is 250 g/mol. The Morgan fingerprint density at radius 3 is 2.26 bits per heavy atom. The molecule has 0 radical (unpaired) electrons. The number of para-hydroxylation sites is 1. The monoisotopic (exact) mass is 264 g/mol. The molecule has 2 aromatic rings. The van der Waals surface area contributed by atoms with Gasteiger partial charge in [-0.1, -0.05) is 18.2 Å². The molecule has 0 saturated heterocycles. The smallest absolute Gasteiger partial charge is 0.126 e. The Labute approximate surface area is 110 Å². The summed E-state index contributed by atoms with van der Waals surface area (Å²) in [5, 5.41) is 9.78. The first kappa shape index (κ1) is 13.5. The van der Waals surface area contributed by atoms with Crippen molar-refractivity contribution in [3.05, 3.63) is 65.7 Å². The number of hydrogen-bond acceptors (Lipinski definition) is 2. The van der Waals surface area contributed by atoms with E-state index in [4.69, 9.17) is 4.74 Å². The van der Waals surface area contributed by atoms with Crippen LogP contribution in [0, 0.1) is 11.6 Å². The molecule has 0 heterocycles. The summed E-state index contributed by atoms with van der Waals surface area (Å²) in [4.78, 5) is 0. The first-order valence-corrected chi connectivity index (χ1v) is 5.94. The Balaban J connectivity index is 1.89. The fourth-order valence-electron chi connectivity index (χ4n) is 1.77. The van der Waals surface area contributed by atoms with Crippen molar-refractivity contribution < 1.29 is 18.6 Å². The standard InChI is InChI=1S/C15H14F2O2/c16-12-6-11(7-13(17)9-12)8-14(18)10-19-15-4-2-1-3-5-15/h1-7,9,14,18H,8,10H2. The predicted octanol–water partition coefficient (Wildman–Crippen LogP) is 2.95. The minimum atomic E-state index is -0.818. The minimum Gasteiger partial charge on any atom is -0.491 e. The van der Waals surface area contributed by atoms with Crippen molar-refractivity contribution in [1.82, 2.24) is 0 Å². The summed E-state index contributed by atoms with van der Waals surface area (Å²) >= 11 is 0. The molecular formula is C15H14F2O2. The van der Waals surface area contributed by atoms with Gasteiger partial charge in [0.2, 0.25) is 0 Å². The summed E-state index contributed by atoms with van der Waals surface area (Å²) in [5.74, 6) is -0.649. The maximum Gasteiger partial charge on any atom is 0.126 e. The highest BCUT2D eigenvalue weighted by molar-refractivity contribution is 5.21. The summed E-state index contributed by atoms with van der Waals surface area (Å²) in [6.07, 6.45) is -0.678. The molecule has 2 nitrogen and oxygen atoms in total. The Kier molecular flexibility index (Phi) is 4.47. The van der Waals surface area contributed by atoms with Gasteiger partial charge >= 0.3 is 0 Å². The lowest BCUT2D eigenvalue weighted by Gasteiger charge is -2.12. The summed E-state index contributed by atoms with van der Waals surface area (Å²) in [5.41, 5.74) is 0.404. The van der Waals surface area contributed by atoms with Gasteiger partial charge < -0.3 is 9.84 Å². The first-order chi connectivity index (χ1) is 9.13. The van der Waals surface area contributed by atoms with E-state index in [0.29, 0.717) is 11.3 Å². The molecule has 2 aromatic carbocycles. The molecule has 1 N–H and O–H groups in total. The van der Waals surface area contributed by atoms with E-state index in [9.17, 15) is 13.9 Å². The highest BCUT2D eigenvalue weighted by Gasteiger charge is 2.09. The van der Waals surface area contributed by atoms with E-state index in [1.165, 1.54) is 12.1 Å². The van der Waals surface area contributed by atoms with Crippen LogP contribution in [0.4, 0.5) is 8.78 Å². The molecule has 0 amide bonds. The molecule has 0 aromatic heterocycles. The van der Waals surface area contributed by atoms with Gasteiger partial charge in [-0.15, -0.1) is 0 Å². The van der Waals surface area contributed by atoms with Gasteiger partial charge in [-0.25, -0.2) is 8.78 Å². The van der Waals surface area contributed by atoms with Gasteiger partial charge in [-0.05, 0) is 29.8 Å². The topological polar surface area (TPSA) is 29.5 Å². The van der Waals surface area contributed by atoms with Crippen LogP contribution in [0.25, 0.3) is 0 Å². The van der Waals surface area contributed by atoms with Crippen molar-refractivity contribution in [2.75, 3.05) is 6.61 Å². The summed E-state index contributed by atoms with van der Waals surface area (Å²) < 4.78 is 31.3. The molecule has 0 aliphatic rings. The minimum absolute atomic E-state index is 0.0716. The van der Waals surface area contributed by atoms with Gasteiger partial charge in [0, 0.05) is 12.5 Å². The van der Waals surface area contributed by atoms with Crippen molar-refractivity contribution in [2.24, 2.45) is 0 Å². The van der Waals surface area contributed by atoms with E-state index >= 15 is 0 Å². The molecule has 100 valence electrons. The quantitative estimate of drug-likeness (QED) is 0.899. The van der Waals surface area contributed by atoms with Gasteiger partial charge in [0.25, 0.3) is 0 Å². The van der Waals surface area contributed by atoms with Crippen LogP contribution in [0.2, 0.25) is 0 Å². The second kappa shape index (κ2) is 6.29. The molecule has 0 spiro atoms. The molecule has 0 aliphatic heterocycles. The lowest BCUT2D eigenvalue weighted by atomic mass is 10.1. The second-order valence-electron chi connectivity index (χ2n) is 4.26. The van der Waals surface area contributed by atoms with Crippen LogP contribution in [-0.2, 0) is 6.42 Å². The number of ether oxygens (including phenoxy) is 1. The third-order valence-electron chi connectivity index (χ3n) is 2.58. The van der Waals surface area contributed by atoms with Crippen LogP contribution in [0.3, 0.4) is 0 Å². The van der Waals surface area contributed by atoms with Crippen molar-refractivity contribution in [1.29, 1.82) is 0 Å². The number of halogens is 2. The lowest BCUT2D eigenvalue weighted by Crippen LogP contribution is -2.20. The Bertz CT molecular complexity index is 509. The molecule has 2 rings (SSSR count). The zero-order chi connectivity index (χ0) is 13.7. The third kappa shape index (κ3) is 4.34. The highest BCUT2D eigenvalue weighted by Crippen LogP contribution is 2.12. The van der Waals surface area contributed by atoms with Crippen LogP contribution >= 0.6 is 0 Å². The predicted molar refractivity (Wildman–Crippen MR) is 68.0 cm³/mol. The normalized spacial score (nSPS) is 12.2. The van der Waals surface area contributed by atoms with Crippen LogP contribution in [0.5, 0.6) is 5.75 Å². The maximum atomic E-state index is 13.0. The van der Waals surface area contributed by atoms with Crippen LogP contribution in [-0.4, -0.2) is 17.8 Å². The zero-order valence-electron chi connectivity index (χ0n) is 10.2. The molecule has 0 aliphatic carbocycles. The molecule has 0 bridgehead atoms. The molecule has 4 heteroatoms. The van der Waals surface area contributed by atoms with Crippen molar-refractivity contribution in [3.63, 3.8) is 0 Å². The Morgan fingerprint density at radius 1 is 1.00 bits per heavy atom. The number of aliphatic hydroxyl groups excluding tert-OH is 1. The third-order valence-corrected chi connectivity index (χ3v) is 2.58.